The second kappa shape index (κ2) is 7.23. The number of nitrogens with two attached hydrogens (primary N) is 1. The molecule has 3 heteroatoms. The van der Waals surface area contributed by atoms with Gasteiger partial charge in [-0.05, 0) is 30.0 Å². The van der Waals surface area contributed by atoms with Crippen LogP contribution in [0.3, 0.4) is 0 Å². The van der Waals surface area contributed by atoms with Gasteiger partial charge in [0.25, 0.3) is 0 Å². The molecule has 2 aromatic carbocycles. The maximum Gasteiger partial charge on any atom is 0.229 e. The highest BCUT2D eigenvalue weighted by atomic mass is 16.1. The van der Waals surface area contributed by atoms with Crippen LogP contribution in [-0.2, 0) is 11.2 Å². The number of hydrogen-bond donors (Lipinski definition) is 2. The van der Waals surface area contributed by atoms with Crippen LogP contribution in [-0.4, -0.2) is 5.91 Å². The maximum absolute atomic E-state index is 12.6. The molecule has 0 heterocycles. The standard InChI is InChI=1S/C19H24N2O/c1-4-15-12-8-9-13(2)18(15)21-19(22)14(3)17(20)16-10-6-5-7-11-16/h5-12,14,17H,4,20H2,1-3H3,(H,21,22). The Balaban J connectivity index is 2.16. The minimum atomic E-state index is -0.310. The van der Waals surface area contributed by atoms with Crippen molar-refractivity contribution >= 4 is 11.6 Å². The van der Waals surface area contributed by atoms with Gasteiger partial charge >= 0.3 is 0 Å². The van der Waals surface area contributed by atoms with Gasteiger partial charge in [0.15, 0.2) is 0 Å². The molecule has 1 amide bonds. The Hall–Kier alpha value is -2.13. The summed E-state index contributed by atoms with van der Waals surface area (Å²) in [6.45, 7) is 5.97. The van der Waals surface area contributed by atoms with Gasteiger partial charge in [-0.25, -0.2) is 0 Å². The molecule has 0 aromatic heterocycles. The van der Waals surface area contributed by atoms with E-state index in [-0.39, 0.29) is 17.9 Å². The summed E-state index contributed by atoms with van der Waals surface area (Å²) in [6, 6.07) is 15.5. The first-order valence-corrected chi connectivity index (χ1v) is 7.74. The lowest BCUT2D eigenvalue weighted by molar-refractivity contribution is -0.120. The first kappa shape index (κ1) is 16.2. The van der Waals surface area contributed by atoms with Gasteiger partial charge in [-0.1, -0.05) is 62.4 Å². The molecule has 2 rings (SSSR count). The number of para-hydroxylation sites is 1. The van der Waals surface area contributed by atoms with Gasteiger partial charge in [0.05, 0.1) is 5.92 Å². The largest absolute Gasteiger partial charge is 0.325 e. The van der Waals surface area contributed by atoms with Crippen LogP contribution in [0.2, 0.25) is 0 Å². The predicted octanol–water partition coefficient (Wildman–Crippen LogP) is 3.83. The summed E-state index contributed by atoms with van der Waals surface area (Å²) in [4.78, 5) is 12.6. The minimum absolute atomic E-state index is 0.0413. The number of carbonyl (C=O) groups excluding carboxylic acids is 1. The summed E-state index contributed by atoms with van der Waals surface area (Å²) in [5.74, 6) is -0.341. The second-order valence-electron chi connectivity index (χ2n) is 5.68. The van der Waals surface area contributed by atoms with E-state index in [0.29, 0.717) is 0 Å². The quantitative estimate of drug-likeness (QED) is 0.881. The van der Waals surface area contributed by atoms with Gasteiger partial charge in [0, 0.05) is 11.7 Å². The maximum atomic E-state index is 12.6. The van der Waals surface area contributed by atoms with Gasteiger partial charge in [-0.3, -0.25) is 4.79 Å². The molecule has 116 valence electrons. The number of amides is 1. The highest BCUT2D eigenvalue weighted by Gasteiger charge is 2.23. The van der Waals surface area contributed by atoms with Crippen molar-refractivity contribution in [3.05, 3.63) is 65.2 Å². The number of aryl methyl sites for hydroxylation is 2. The molecule has 2 aromatic rings. The van der Waals surface area contributed by atoms with Crippen LogP contribution in [0.4, 0.5) is 5.69 Å². The molecular formula is C19H24N2O. The fraction of sp³-hybridized carbons (Fsp3) is 0.316. The van der Waals surface area contributed by atoms with Crippen LogP contribution < -0.4 is 11.1 Å². The van der Waals surface area contributed by atoms with Crippen molar-refractivity contribution in [2.75, 3.05) is 5.32 Å². The van der Waals surface area contributed by atoms with Crippen molar-refractivity contribution in [1.29, 1.82) is 0 Å². The first-order chi connectivity index (χ1) is 10.5. The third-order valence-corrected chi connectivity index (χ3v) is 4.12. The molecule has 0 spiro atoms. The molecule has 0 saturated carbocycles. The molecule has 0 radical (unpaired) electrons. The fourth-order valence-electron chi connectivity index (χ4n) is 2.57. The number of benzene rings is 2. The Kier molecular flexibility index (Phi) is 5.34. The van der Waals surface area contributed by atoms with Crippen LogP contribution in [0.5, 0.6) is 0 Å². The molecule has 0 aliphatic heterocycles. The highest BCUT2D eigenvalue weighted by molar-refractivity contribution is 5.94. The summed E-state index contributed by atoms with van der Waals surface area (Å²) in [5, 5.41) is 3.06. The lowest BCUT2D eigenvalue weighted by Gasteiger charge is -2.21. The number of hydrogen-bond acceptors (Lipinski definition) is 2. The van der Waals surface area contributed by atoms with E-state index in [4.69, 9.17) is 5.73 Å². The molecule has 3 N–H and O–H groups in total. The van der Waals surface area contributed by atoms with Gasteiger partial charge in [-0.2, -0.15) is 0 Å². The molecule has 22 heavy (non-hydrogen) atoms. The summed E-state index contributed by atoms with van der Waals surface area (Å²) in [7, 11) is 0. The molecular weight excluding hydrogens is 272 g/mol. The van der Waals surface area contributed by atoms with Crippen LogP contribution in [0.1, 0.15) is 36.6 Å². The Morgan fingerprint density at radius 1 is 1.14 bits per heavy atom. The molecule has 0 fully saturated rings. The van der Waals surface area contributed by atoms with Crippen LogP contribution in [0, 0.1) is 12.8 Å². The zero-order valence-electron chi connectivity index (χ0n) is 13.5. The first-order valence-electron chi connectivity index (χ1n) is 7.74. The number of rotatable bonds is 5. The lowest BCUT2D eigenvalue weighted by Crippen LogP contribution is -2.31. The Morgan fingerprint density at radius 2 is 1.82 bits per heavy atom. The summed E-state index contributed by atoms with van der Waals surface area (Å²) < 4.78 is 0. The molecule has 0 aliphatic carbocycles. The predicted molar refractivity (Wildman–Crippen MR) is 91.7 cm³/mol. The Morgan fingerprint density at radius 3 is 2.45 bits per heavy atom. The van der Waals surface area contributed by atoms with Crippen LogP contribution >= 0.6 is 0 Å². The molecule has 0 saturated heterocycles. The average molecular weight is 296 g/mol. The minimum Gasteiger partial charge on any atom is -0.325 e. The smallest absolute Gasteiger partial charge is 0.229 e. The Bertz CT molecular complexity index is 637. The van der Waals surface area contributed by atoms with E-state index in [1.54, 1.807) is 0 Å². The van der Waals surface area contributed by atoms with E-state index in [0.717, 1.165) is 28.8 Å². The van der Waals surface area contributed by atoms with E-state index in [2.05, 4.69) is 12.2 Å². The number of anilines is 1. The third-order valence-electron chi connectivity index (χ3n) is 4.12. The number of carbonyl (C=O) groups is 1. The molecule has 3 nitrogen and oxygen atoms in total. The van der Waals surface area contributed by atoms with E-state index in [1.807, 2.05) is 62.4 Å². The van der Waals surface area contributed by atoms with Gasteiger partial charge in [0.1, 0.15) is 0 Å². The molecule has 0 aliphatic rings. The van der Waals surface area contributed by atoms with E-state index in [9.17, 15) is 4.79 Å². The van der Waals surface area contributed by atoms with E-state index in [1.165, 1.54) is 0 Å². The van der Waals surface area contributed by atoms with E-state index >= 15 is 0 Å². The Labute approximate surface area is 132 Å². The average Bonchev–Trinajstić information content (AvgIpc) is 2.56. The van der Waals surface area contributed by atoms with Crippen LogP contribution in [0.25, 0.3) is 0 Å². The topological polar surface area (TPSA) is 55.1 Å². The molecule has 2 unspecified atom stereocenters. The summed E-state index contributed by atoms with van der Waals surface area (Å²) >= 11 is 0. The van der Waals surface area contributed by atoms with E-state index < -0.39 is 0 Å². The van der Waals surface area contributed by atoms with Crippen molar-refractivity contribution in [1.82, 2.24) is 0 Å². The van der Waals surface area contributed by atoms with Gasteiger partial charge in [0.2, 0.25) is 5.91 Å². The van der Waals surface area contributed by atoms with Crippen molar-refractivity contribution in [2.45, 2.75) is 33.2 Å². The summed E-state index contributed by atoms with van der Waals surface area (Å²) in [5.41, 5.74) is 10.4. The zero-order chi connectivity index (χ0) is 16.1. The number of nitrogens with one attached hydrogen (secondary N) is 1. The molecule has 2 atom stereocenters. The van der Waals surface area contributed by atoms with Crippen molar-refractivity contribution in [3.8, 4) is 0 Å². The third kappa shape index (κ3) is 3.55. The van der Waals surface area contributed by atoms with Crippen molar-refractivity contribution < 1.29 is 4.79 Å². The highest BCUT2D eigenvalue weighted by Crippen LogP contribution is 2.24. The van der Waals surface area contributed by atoms with Crippen LogP contribution in [0.15, 0.2) is 48.5 Å². The SMILES string of the molecule is CCc1cccc(C)c1NC(=O)C(C)C(N)c1ccccc1. The van der Waals surface area contributed by atoms with Crippen molar-refractivity contribution in [3.63, 3.8) is 0 Å². The second-order valence-corrected chi connectivity index (χ2v) is 5.68. The monoisotopic (exact) mass is 296 g/mol. The molecule has 0 bridgehead atoms. The zero-order valence-corrected chi connectivity index (χ0v) is 13.5. The lowest BCUT2D eigenvalue weighted by atomic mass is 9.94. The fourth-order valence-corrected chi connectivity index (χ4v) is 2.57. The van der Waals surface area contributed by atoms with Gasteiger partial charge < -0.3 is 11.1 Å². The van der Waals surface area contributed by atoms with Crippen molar-refractivity contribution in [2.24, 2.45) is 11.7 Å². The van der Waals surface area contributed by atoms with Gasteiger partial charge in [-0.15, -0.1) is 0 Å². The summed E-state index contributed by atoms with van der Waals surface area (Å²) in [6.07, 6.45) is 0.885. The normalized spacial score (nSPS) is 13.5.